The van der Waals surface area contributed by atoms with Crippen molar-refractivity contribution in [2.45, 2.75) is 18.5 Å². The molecule has 1 aliphatic heterocycles. The van der Waals surface area contributed by atoms with Crippen LogP contribution in [-0.2, 0) is 19.1 Å². The maximum atomic E-state index is 12.2. The first-order valence-electron chi connectivity index (χ1n) is 6.35. The van der Waals surface area contributed by atoms with Crippen LogP contribution in [0.5, 0.6) is 0 Å². The first-order chi connectivity index (χ1) is 9.61. The molecule has 1 aromatic rings. The first kappa shape index (κ1) is 15.0. The Balaban J connectivity index is 2.03. The molecule has 1 aliphatic rings. The summed E-state index contributed by atoms with van der Waals surface area (Å²) in [6, 6.07) is 3.07. The SMILES string of the molecule is COC(=O)CC(NC(=O)C1COCC1N)c1cccs1. The number of carbonyl (C=O) groups excluding carboxylic acids is 2. The molecule has 1 fully saturated rings. The topological polar surface area (TPSA) is 90.6 Å². The predicted octanol–water partition coefficient (Wildman–Crippen LogP) is 0.442. The van der Waals surface area contributed by atoms with Gasteiger partial charge in [0.05, 0.1) is 38.7 Å². The minimum Gasteiger partial charge on any atom is -0.469 e. The second-order valence-corrected chi connectivity index (χ2v) is 5.64. The summed E-state index contributed by atoms with van der Waals surface area (Å²) in [5.74, 6) is -0.914. The highest BCUT2D eigenvalue weighted by atomic mass is 32.1. The number of thiophene rings is 1. The molecule has 3 unspecified atom stereocenters. The van der Waals surface area contributed by atoms with Crippen molar-refractivity contribution in [2.75, 3.05) is 20.3 Å². The molecule has 6 nitrogen and oxygen atoms in total. The number of hydrogen-bond donors (Lipinski definition) is 2. The normalized spacial score (nSPS) is 23.3. The minimum absolute atomic E-state index is 0.103. The quantitative estimate of drug-likeness (QED) is 0.770. The molecule has 1 aromatic heterocycles. The Morgan fingerprint density at radius 3 is 2.95 bits per heavy atom. The predicted molar refractivity (Wildman–Crippen MR) is 74.1 cm³/mol. The Kier molecular flexibility index (Phi) is 5.11. The van der Waals surface area contributed by atoms with Gasteiger partial charge in [0.25, 0.3) is 0 Å². The fourth-order valence-corrected chi connectivity index (χ4v) is 2.86. The van der Waals surface area contributed by atoms with E-state index in [9.17, 15) is 9.59 Å². The zero-order chi connectivity index (χ0) is 14.5. The van der Waals surface area contributed by atoms with Gasteiger partial charge in [-0.1, -0.05) is 6.07 Å². The lowest BCUT2D eigenvalue weighted by Gasteiger charge is -2.20. The van der Waals surface area contributed by atoms with Gasteiger partial charge in [0, 0.05) is 10.9 Å². The Morgan fingerprint density at radius 2 is 2.40 bits per heavy atom. The third kappa shape index (κ3) is 3.56. The smallest absolute Gasteiger partial charge is 0.307 e. The summed E-state index contributed by atoms with van der Waals surface area (Å²) >= 11 is 1.48. The molecule has 2 rings (SSSR count). The van der Waals surface area contributed by atoms with Gasteiger partial charge >= 0.3 is 5.97 Å². The minimum atomic E-state index is -0.386. The molecular formula is C13H18N2O4S. The monoisotopic (exact) mass is 298 g/mol. The average molecular weight is 298 g/mol. The van der Waals surface area contributed by atoms with E-state index in [0.717, 1.165) is 4.88 Å². The molecule has 0 aromatic carbocycles. The van der Waals surface area contributed by atoms with Crippen molar-refractivity contribution < 1.29 is 19.1 Å². The van der Waals surface area contributed by atoms with Gasteiger partial charge in [0.2, 0.25) is 5.91 Å². The molecule has 20 heavy (non-hydrogen) atoms. The van der Waals surface area contributed by atoms with Gasteiger partial charge in [-0.25, -0.2) is 0 Å². The maximum Gasteiger partial charge on any atom is 0.307 e. The van der Waals surface area contributed by atoms with Gasteiger partial charge in [0.1, 0.15) is 0 Å². The van der Waals surface area contributed by atoms with Gasteiger partial charge in [-0.15, -0.1) is 11.3 Å². The second-order valence-electron chi connectivity index (χ2n) is 4.66. The summed E-state index contributed by atoms with van der Waals surface area (Å²) in [5, 5.41) is 4.77. The standard InChI is InChI=1S/C13H18N2O4S/c1-18-12(16)5-10(11-3-2-4-20-11)15-13(17)8-6-19-7-9(8)14/h2-4,8-10H,5-7,14H2,1H3,(H,15,17). The van der Waals surface area contributed by atoms with Crippen molar-refractivity contribution in [1.82, 2.24) is 5.32 Å². The molecule has 0 spiro atoms. The molecule has 0 radical (unpaired) electrons. The molecule has 1 saturated heterocycles. The Labute approximate surface area is 121 Å². The summed E-state index contributed by atoms with van der Waals surface area (Å²) in [6.45, 7) is 0.709. The lowest BCUT2D eigenvalue weighted by atomic mass is 10.0. The maximum absolute atomic E-state index is 12.2. The summed E-state index contributed by atoms with van der Waals surface area (Å²) in [6.07, 6.45) is 0.103. The number of methoxy groups -OCH3 is 1. The number of esters is 1. The molecule has 0 saturated carbocycles. The van der Waals surface area contributed by atoms with Crippen LogP contribution >= 0.6 is 11.3 Å². The molecule has 0 aliphatic carbocycles. The van der Waals surface area contributed by atoms with E-state index in [-0.39, 0.29) is 36.3 Å². The number of nitrogens with two attached hydrogens (primary N) is 1. The largest absolute Gasteiger partial charge is 0.469 e. The van der Waals surface area contributed by atoms with Crippen molar-refractivity contribution in [1.29, 1.82) is 0 Å². The fraction of sp³-hybridized carbons (Fsp3) is 0.538. The van der Waals surface area contributed by atoms with Crippen LogP contribution in [0.3, 0.4) is 0 Å². The van der Waals surface area contributed by atoms with Gasteiger partial charge in [-0.05, 0) is 11.4 Å². The van der Waals surface area contributed by atoms with Crippen LogP contribution in [0.4, 0.5) is 0 Å². The van der Waals surface area contributed by atoms with Crippen molar-refractivity contribution >= 4 is 23.2 Å². The first-order valence-corrected chi connectivity index (χ1v) is 7.23. The van der Waals surface area contributed by atoms with E-state index in [2.05, 4.69) is 10.1 Å². The van der Waals surface area contributed by atoms with E-state index >= 15 is 0 Å². The summed E-state index contributed by atoms with van der Waals surface area (Å²) in [7, 11) is 1.33. The van der Waals surface area contributed by atoms with Gasteiger partial charge < -0.3 is 20.5 Å². The van der Waals surface area contributed by atoms with Crippen LogP contribution in [0, 0.1) is 5.92 Å². The molecular weight excluding hydrogens is 280 g/mol. The molecule has 3 atom stereocenters. The Hall–Kier alpha value is -1.44. The third-order valence-electron chi connectivity index (χ3n) is 3.26. The number of rotatable bonds is 5. The summed E-state index contributed by atoms with van der Waals surface area (Å²) in [5.41, 5.74) is 5.83. The lowest BCUT2D eigenvalue weighted by molar-refractivity contribution is -0.141. The molecule has 110 valence electrons. The van der Waals surface area contributed by atoms with Crippen LogP contribution in [0.25, 0.3) is 0 Å². The molecule has 2 heterocycles. The van der Waals surface area contributed by atoms with Crippen molar-refractivity contribution in [2.24, 2.45) is 11.7 Å². The van der Waals surface area contributed by atoms with Crippen LogP contribution in [0.2, 0.25) is 0 Å². The Bertz CT molecular complexity index is 463. The Morgan fingerprint density at radius 1 is 1.60 bits per heavy atom. The van der Waals surface area contributed by atoms with E-state index in [1.807, 2.05) is 17.5 Å². The number of amides is 1. The zero-order valence-corrected chi connectivity index (χ0v) is 12.0. The number of nitrogens with one attached hydrogen (secondary N) is 1. The fourth-order valence-electron chi connectivity index (χ4n) is 2.08. The van der Waals surface area contributed by atoms with Crippen LogP contribution in [0.15, 0.2) is 17.5 Å². The highest BCUT2D eigenvalue weighted by molar-refractivity contribution is 7.10. The van der Waals surface area contributed by atoms with E-state index in [1.54, 1.807) is 0 Å². The highest BCUT2D eigenvalue weighted by Gasteiger charge is 2.33. The highest BCUT2D eigenvalue weighted by Crippen LogP contribution is 2.23. The van der Waals surface area contributed by atoms with E-state index in [4.69, 9.17) is 10.5 Å². The van der Waals surface area contributed by atoms with Crippen molar-refractivity contribution in [3.05, 3.63) is 22.4 Å². The van der Waals surface area contributed by atoms with Gasteiger partial charge in [-0.2, -0.15) is 0 Å². The van der Waals surface area contributed by atoms with E-state index in [0.29, 0.717) is 13.2 Å². The van der Waals surface area contributed by atoms with E-state index < -0.39 is 0 Å². The number of carbonyl (C=O) groups is 2. The number of ether oxygens (including phenoxy) is 2. The van der Waals surface area contributed by atoms with Gasteiger partial charge in [0.15, 0.2) is 0 Å². The molecule has 7 heteroatoms. The molecule has 1 amide bonds. The molecule has 0 bridgehead atoms. The van der Waals surface area contributed by atoms with E-state index in [1.165, 1.54) is 18.4 Å². The molecule has 3 N–H and O–H groups in total. The zero-order valence-electron chi connectivity index (χ0n) is 11.2. The van der Waals surface area contributed by atoms with Crippen molar-refractivity contribution in [3.63, 3.8) is 0 Å². The summed E-state index contributed by atoms with van der Waals surface area (Å²) < 4.78 is 9.86. The summed E-state index contributed by atoms with van der Waals surface area (Å²) in [4.78, 5) is 24.6. The van der Waals surface area contributed by atoms with Crippen LogP contribution in [-0.4, -0.2) is 38.2 Å². The lowest BCUT2D eigenvalue weighted by Crippen LogP contribution is -2.42. The van der Waals surface area contributed by atoms with Crippen LogP contribution < -0.4 is 11.1 Å². The average Bonchev–Trinajstić information content (AvgIpc) is 3.08. The van der Waals surface area contributed by atoms with Crippen molar-refractivity contribution in [3.8, 4) is 0 Å². The third-order valence-corrected chi connectivity index (χ3v) is 4.25. The second kappa shape index (κ2) is 6.83. The van der Waals surface area contributed by atoms with Crippen LogP contribution in [0.1, 0.15) is 17.3 Å². The number of hydrogen-bond acceptors (Lipinski definition) is 6. The van der Waals surface area contributed by atoms with Gasteiger partial charge in [-0.3, -0.25) is 9.59 Å².